The summed E-state index contributed by atoms with van der Waals surface area (Å²) < 4.78 is 0. The van der Waals surface area contributed by atoms with E-state index in [0.717, 1.165) is 41.8 Å². The minimum absolute atomic E-state index is 0.0236. The molecule has 0 saturated heterocycles. The number of aromatic hydroxyl groups is 1. The second kappa shape index (κ2) is 11.0. The van der Waals surface area contributed by atoms with Crippen LogP contribution in [0.5, 0.6) is 5.75 Å². The Bertz CT molecular complexity index is 910. The van der Waals surface area contributed by atoms with E-state index >= 15 is 0 Å². The average Bonchev–Trinajstić information content (AvgIpc) is 2.76. The van der Waals surface area contributed by atoms with Crippen LogP contribution in [-0.4, -0.2) is 30.3 Å². The van der Waals surface area contributed by atoms with Crippen LogP contribution in [-0.2, 0) is 17.6 Å². The van der Waals surface area contributed by atoms with Crippen molar-refractivity contribution in [1.82, 2.24) is 5.32 Å². The SMILES string of the molecule is C=NC(Cc1ccc(O)cc1C)C(=O)NC1CCNc2ccc(CCCCCC)cc21. The van der Waals surface area contributed by atoms with Crippen molar-refractivity contribution in [3.05, 3.63) is 58.7 Å². The van der Waals surface area contributed by atoms with E-state index < -0.39 is 6.04 Å². The van der Waals surface area contributed by atoms with Gasteiger partial charge < -0.3 is 15.7 Å². The number of hydrogen-bond acceptors (Lipinski definition) is 4. The predicted octanol–water partition coefficient (Wildman–Crippen LogP) is 5.11. The van der Waals surface area contributed by atoms with E-state index in [2.05, 4.69) is 47.5 Å². The van der Waals surface area contributed by atoms with Gasteiger partial charge >= 0.3 is 0 Å². The third-order valence-corrected chi connectivity index (χ3v) is 6.14. The largest absolute Gasteiger partial charge is 0.508 e. The van der Waals surface area contributed by atoms with Gasteiger partial charge in [0.05, 0.1) is 6.04 Å². The van der Waals surface area contributed by atoms with Crippen molar-refractivity contribution in [2.24, 2.45) is 4.99 Å². The van der Waals surface area contributed by atoms with Gasteiger partial charge in [-0.2, -0.15) is 0 Å². The Kier molecular flexibility index (Phi) is 8.10. The van der Waals surface area contributed by atoms with Gasteiger partial charge in [0.15, 0.2) is 0 Å². The fraction of sp³-hybridized carbons (Fsp3) is 0.462. The van der Waals surface area contributed by atoms with Crippen LogP contribution in [0.4, 0.5) is 5.69 Å². The van der Waals surface area contributed by atoms with Gasteiger partial charge in [-0.05, 0) is 73.4 Å². The molecule has 1 aliphatic heterocycles. The third-order valence-electron chi connectivity index (χ3n) is 6.14. The van der Waals surface area contributed by atoms with E-state index in [-0.39, 0.29) is 17.7 Å². The van der Waals surface area contributed by atoms with E-state index in [9.17, 15) is 9.90 Å². The van der Waals surface area contributed by atoms with Gasteiger partial charge in [0.2, 0.25) is 5.91 Å². The first-order chi connectivity index (χ1) is 15.0. The maximum Gasteiger partial charge on any atom is 0.245 e. The van der Waals surface area contributed by atoms with Crippen molar-refractivity contribution in [1.29, 1.82) is 0 Å². The molecule has 3 rings (SSSR count). The quantitative estimate of drug-likeness (QED) is 0.369. The number of nitrogens with one attached hydrogen (secondary N) is 2. The molecule has 166 valence electrons. The van der Waals surface area contributed by atoms with Crippen LogP contribution < -0.4 is 10.6 Å². The topological polar surface area (TPSA) is 73.7 Å². The smallest absolute Gasteiger partial charge is 0.245 e. The molecule has 5 nitrogen and oxygen atoms in total. The first kappa shape index (κ1) is 22.9. The first-order valence-electron chi connectivity index (χ1n) is 11.4. The van der Waals surface area contributed by atoms with Crippen LogP contribution in [0.25, 0.3) is 0 Å². The van der Waals surface area contributed by atoms with Crippen molar-refractivity contribution in [3.8, 4) is 5.75 Å². The zero-order chi connectivity index (χ0) is 22.2. The number of phenols is 1. The van der Waals surface area contributed by atoms with Crippen molar-refractivity contribution in [2.75, 3.05) is 11.9 Å². The number of amides is 1. The van der Waals surface area contributed by atoms with Gasteiger partial charge in [-0.15, -0.1) is 0 Å². The Balaban J connectivity index is 1.68. The minimum Gasteiger partial charge on any atom is -0.508 e. The predicted molar refractivity (Wildman–Crippen MR) is 128 cm³/mol. The lowest BCUT2D eigenvalue weighted by Gasteiger charge is -2.29. The second-order valence-electron chi connectivity index (χ2n) is 8.52. The van der Waals surface area contributed by atoms with Crippen LogP contribution in [0.1, 0.15) is 67.3 Å². The van der Waals surface area contributed by atoms with Gasteiger partial charge in [-0.1, -0.05) is 44.4 Å². The molecule has 5 heteroatoms. The molecule has 3 N–H and O–H groups in total. The molecule has 2 aromatic rings. The number of aryl methyl sites for hydroxylation is 2. The monoisotopic (exact) mass is 421 g/mol. The Morgan fingerprint density at radius 3 is 2.84 bits per heavy atom. The molecule has 31 heavy (non-hydrogen) atoms. The summed E-state index contributed by atoms with van der Waals surface area (Å²) in [7, 11) is 0. The summed E-state index contributed by atoms with van der Waals surface area (Å²) in [5, 5.41) is 16.3. The number of benzene rings is 2. The lowest BCUT2D eigenvalue weighted by Crippen LogP contribution is -2.39. The van der Waals surface area contributed by atoms with Crippen LogP contribution in [0, 0.1) is 6.92 Å². The van der Waals surface area contributed by atoms with Gasteiger partial charge in [0, 0.05) is 18.7 Å². The van der Waals surface area contributed by atoms with E-state index in [4.69, 9.17) is 0 Å². The highest BCUT2D eigenvalue weighted by atomic mass is 16.3. The Hall–Kier alpha value is -2.82. The number of anilines is 1. The summed E-state index contributed by atoms with van der Waals surface area (Å²) in [5.41, 5.74) is 5.53. The van der Waals surface area contributed by atoms with E-state index in [0.29, 0.717) is 6.42 Å². The summed E-state index contributed by atoms with van der Waals surface area (Å²) in [6.07, 6.45) is 7.37. The molecular weight excluding hydrogens is 386 g/mol. The highest BCUT2D eigenvalue weighted by Crippen LogP contribution is 2.31. The number of nitrogens with zero attached hydrogens (tertiary/aromatic N) is 1. The van der Waals surface area contributed by atoms with Crippen LogP contribution in [0.15, 0.2) is 41.4 Å². The van der Waals surface area contributed by atoms with Crippen molar-refractivity contribution in [3.63, 3.8) is 0 Å². The molecular formula is C26H35N3O2. The molecule has 0 fully saturated rings. The van der Waals surface area contributed by atoms with E-state index in [1.54, 1.807) is 12.1 Å². The van der Waals surface area contributed by atoms with Gasteiger partial charge in [0.1, 0.15) is 11.8 Å². The first-order valence-corrected chi connectivity index (χ1v) is 11.4. The number of carbonyl (C=O) groups is 1. The lowest BCUT2D eigenvalue weighted by molar-refractivity contribution is -0.123. The summed E-state index contributed by atoms with van der Waals surface area (Å²) in [5.74, 6) is 0.124. The maximum absolute atomic E-state index is 13.0. The van der Waals surface area contributed by atoms with Crippen molar-refractivity contribution >= 4 is 18.3 Å². The molecule has 0 spiro atoms. The number of aliphatic imine (C=N–C) groups is 1. The molecule has 0 aliphatic carbocycles. The molecule has 1 aliphatic rings. The number of rotatable bonds is 10. The summed E-state index contributed by atoms with van der Waals surface area (Å²) in [6, 6.07) is 11.2. The number of hydrogen-bond donors (Lipinski definition) is 3. The van der Waals surface area contributed by atoms with E-state index in [1.165, 1.54) is 31.2 Å². The van der Waals surface area contributed by atoms with Crippen molar-refractivity contribution < 1.29 is 9.90 Å². The molecule has 2 aromatic carbocycles. The molecule has 0 bridgehead atoms. The molecule has 0 aromatic heterocycles. The molecule has 2 unspecified atom stereocenters. The summed E-state index contributed by atoms with van der Waals surface area (Å²) in [4.78, 5) is 17.2. The van der Waals surface area contributed by atoms with Gasteiger partial charge in [0.25, 0.3) is 0 Å². The molecule has 1 heterocycles. The Morgan fingerprint density at radius 1 is 1.26 bits per heavy atom. The highest BCUT2D eigenvalue weighted by molar-refractivity contribution is 5.83. The summed E-state index contributed by atoms with van der Waals surface area (Å²) >= 11 is 0. The van der Waals surface area contributed by atoms with Gasteiger partial charge in [-0.25, -0.2) is 0 Å². The van der Waals surface area contributed by atoms with Gasteiger partial charge in [-0.3, -0.25) is 9.79 Å². The zero-order valence-electron chi connectivity index (χ0n) is 18.8. The lowest BCUT2D eigenvalue weighted by atomic mass is 9.93. The summed E-state index contributed by atoms with van der Waals surface area (Å²) in [6.45, 7) is 8.64. The molecule has 0 radical (unpaired) electrons. The van der Waals surface area contributed by atoms with Crippen LogP contribution >= 0.6 is 0 Å². The molecule has 2 atom stereocenters. The van der Waals surface area contributed by atoms with Crippen LogP contribution in [0.3, 0.4) is 0 Å². The van der Waals surface area contributed by atoms with E-state index in [1.807, 2.05) is 13.0 Å². The standard InChI is InChI=1S/C26H35N3O2/c1-4-5-6-7-8-19-9-12-23-22(16-19)24(13-14-28-23)29-26(31)25(27-3)17-20-10-11-21(30)15-18(20)2/h9-12,15-16,24-25,28,30H,3-8,13-14,17H2,1-2H3,(H,29,31). The van der Waals surface area contributed by atoms with Crippen molar-refractivity contribution in [2.45, 2.75) is 70.9 Å². The Labute approximate surface area is 186 Å². The average molecular weight is 422 g/mol. The normalized spacial score (nSPS) is 16.1. The molecule has 0 saturated carbocycles. The number of phenolic OH excluding ortho intramolecular Hbond substituents is 1. The third kappa shape index (κ3) is 6.09. The maximum atomic E-state index is 13.0. The van der Waals surface area contributed by atoms with Crippen LogP contribution in [0.2, 0.25) is 0 Å². The fourth-order valence-electron chi connectivity index (χ4n) is 4.25. The zero-order valence-corrected chi connectivity index (χ0v) is 18.8. The second-order valence-corrected chi connectivity index (χ2v) is 8.52. The Morgan fingerprint density at radius 2 is 2.10 bits per heavy atom. The number of unbranched alkanes of at least 4 members (excludes halogenated alkanes) is 3. The number of carbonyl (C=O) groups excluding carboxylic acids is 1. The number of fused-ring (bicyclic) bond motifs is 1. The fourth-order valence-corrected chi connectivity index (χ4v) is 4.25. The minimum atomic E-state index is -0.557. The molecule has 1 amide bonds. The highest BCUT2D eigenvalue weighted by Gasteiger charge is 2.26.